The van der Waals surface area contributed by atoms with Gasteiger partial charge in [0.05, 0.1) is 37.3 Å². The van der Waals surface area contributed by atoms with Gasteiger partial charge in [0.1, 0.15) is 22.2 Å². The molecule has 8 heteroatoms. The van der Waals surface area contributed by atoms with Crippen molar-refractivity contribution in [2.75, 3.05) is 38.7 Å². The van der Waals surface area contributed by atoms with Crippen LogP contribution in [0.4, 0.5) is 11.5 Å². The first kappa shape index (κ1) is 20.9. The maximum atomic E-state index is 6.37. The van der Waals surface area contributed by atoms with Gasteiger partial charge >= 0.3 is 0 Å². The van der Waals surface area contributed by atoms with Crippen molar-refractivity contribution in [2.45, 2.75) is 32.7 Å². The molecule has 3 heterocycles. The average Bonchev–Trinajstić information content (AvgIpc) is 3.12. The summed E-state index contributed by atoms with van der Waals surface area (Å²) in [7, 11) is 1.62. The summed E-state index contributed by atoms with van der Waals surface area (Å²) in [6, 6.07) is 5.74. The van der Waals surface area contributed by atoms with Crippen LogP contribution in [0.25, 0.3) is 10.2 Å². The van der Waals surface area contributed by atoms with Crippen LogP contribution in [0.3, 0.4) is 0 Å². The normalized spacial score (nSPS) is 19.4. The van der Waals surface area contributed by atoms with Crippen LogP contribution in [-0.4, -0.2) is 48.3 Å². The van der Waals surface area contributed by atoms with Gasteiger partial charge in [-0.1, -0.05) is 18.5 Å². The van der Waals surface area contributed by atoms with Gasteiger partial charge in [-0.05, 0) is 48.9 Å². The Labute approximate surface area is 191 Å². The quantitative estimate of drug-likeness (QED) is 0.577. The third kappa shape index (κ3) is 4.37. The fourth-order valence-electron chi connectivity index (χ4n) is 4.39. The predicted octanol–water partition coefficient (Wildman–Crippen LogP) is 5.05. The third-order valence-electron chi connectivity index (χ3n) is 6.08. The molecule has 1 saturated heterocycles. The number of anilines is 2. The summed E-state index contributed by atoms with van der Waals surface area (Å²) in [4.78, 5) is 14.9. The van der Waals surface area contributed by atoms with E-state index in [0.29, 0.717) is 10.8 Å². The van der Waals surface area contributed by atoms with Gasteiger partial charge in [-0.2, -0.15) is 0 Å². The van der Waals surface area contributed by atoms with Crippen molar-refractivity contribution in [3.8, 4) is 5.75 Å². The Hall–Kier alpha value is -1.93. The van der Waals surface area contributed by atoms with E-state index in [-0.39, 0.29) is 0 Å². The first-order valence-corrected chi connectivity index (χ1v) is 12.0. The minimum Gasteiger partial charge on any atom is -0.495 e. The van der Waals surface area contributed by atoms with Gasteiger partial charge in [0.2, 0.25) is 0 Å². The molecule has 6 nitrogen and oxygen atoms in total. The molecule has 0 radical (unpaired) electrons. The first-order chi connectivity index (χ1) is 15.1. The van der Waals surface area contributed by atoms with Crippen LogP contribution in [0.5, 0.6) is 5.75 Å². The third-order valence-corrected chi connectivity index (χ3v) is 7.53. The summed E-state index contributed by atoms with van der Waals surface area (Å²) in [5, 5.41) is 5.28. The average molecular weight is 459 g/mol. The smallest absolute Gasteiger partial charge is 0.146 e. The van der Waals surface area contributed by atoms with E-state index in [9.17, 15) is 0 Å². The molecular weight excluding hydrogens is 432 g/mol. The van der Waals surface area contributed by atoms with Gasteiger partial charge in [-0.15, -0.1) is 11.3 Å². The number of nitrogens with zero attached hydrogens (tertiary/aromatic N) is 3. The Bertz CT molecular complexity index is 1100. The number of morpholine rings is 1. The molecule has 1 fully saturated rings. The highest BCUT2D eigenvalue weighted by molar-refractivity contribution is 7.19. The summed E-state index contributed by atoms with van der Waals surface area (Å²) in [6.07, 6.45) is 3.42. The highest BCUT2D eigenvalue weighted by Crippen LogP contribution is 2.41. The monoisotopic (exact) mass is 458 g/mol. The first-order valence-electron chi connectivity index (χ1n) is 10.8. The zero-order valence-electron chi connectivity index (χ0n) is 17.9. The Balaban J connectivity index is 1.55. The van der Waals surface area contributed by atoms with E-state index in [1.165, 1.54) is 22.2 Å². The molecule has 1 atom stereocenters. The van der Waals surface area contributed by atoms with E-state index < -0.39 is 0 Å². The minimum absolute atomic E-state index is 0.576. The zero-order chi connectivity index (χ0) is 21.4. The highest BCUT2D eigenvalue weighted by Gasteiger charge is 2.25. The van der Waals surface area contributed by atoms with Crippen molar-refractivity contribution >= 4 is 44.7 Å². The van der Waals surface area contributed by atoms with E-state index in [4.69, 9.17) is 31.0 Å². The Morgan fingerprint density at radius 3 is 2.90 bits per heavy atom. The molecular formula is C23H27ClN4O2S. The van der Waals surface area contributed by atoms with Crippen molar-refractivity contribution in [1.29, 1.82) is 0 Å². The Kier molecular flexibility index (Phi) is 6.01. The fourth-order valence-corrected chi connectivity index (χ4v) is 6.05. The lowest BCUT2D eigenvalue weighted by Gasteiger charge is -2.26. The van der Waals surface area contributed by atoms with Crippen molar-refractivity contribution in [3.63, 3.8) is 0 Å². The minimum atomic E-state index is 0.576. The van der Waals surface area contributed by atoms with Gasteiger partial charge < -0.3 is 14.8 Å². The molecule has 0 spiro atoms. The van der Waals surface area contributed by atoms with Gasteiger partial charge in [0, 0.05) is 23.7 Å². The van der Waals surface area contributed by atoms with Gasteiger partial charge in [-0.25, -0.2) is 9.97 Å². The molecule has 164 valence electrons. The molecule has 0 amide bonds. The van der Waals surface area contributed by atoms with E-state index in [1.807, 2.05) is 29.5 Å². The van der Waals surface area contributed by atoms with Gasteiger partial charge in [-0.3, -0.25) is 4.90 Å². The molecule has 3 aromatic rings. The topological polar surface area (TPSA) is 59.5 Å². The van der Waals surface area contributed by atoms with Crippen LogP contribution in [0.2, 0.25) is 5.02 Å². The number of fused-ring (bicyclic) bond motifs is 3. The molecule has 0 saturated carbocycles. The molecule has 1 aliphatic carbocycles. The molecule has 0 unspecified atom stereocenters. The van der Waals surface area contributed by atoms with Crippen LogP contribution in [0, 0.1) is 5.92 Å². The van der Waals surface area contributed by atoms with Crippen LogP contribution in [-0.2, 0) is 24.1 Å². The van der Waals surface area contributed by atoms with Gasteiger partial charge in [0.15, 0.2) is 0 Å². The Morgan fingerprint density at radius 2 is 2.13 bits per heavy atom. The lowest BCUT2D eigenvalue weighted by molar-refractivity contribution is 0.0331. The van der Waals surface area contributed by atoms with Crippen LogP contribution in [0.15, 0.2) is 18.2 Å². The number of nitrogens with one attached hydrogen (secondary N) is 1. The van der Waals surface area contributed by atoms with Crippen LogP contribution in [0.1, 0.15) is 29.6 Å². The van der Waals surface area contributed by atoms with E-state index in [2.05, 4.69) is 17.1 Å². The molecule has 1 aliphatic heterocycles. The number of aryl methyl sites for hydroxylation is 1. The standard InChI is InChI=1S/C23H27ClN4O2S/c1-14-3-5-16-19(11-14)31-23-21(16)22(25-15-4-6-18(29-2)17(24)12-15)26-20(27-23)13-28-7-9-30-10-8-28/h4,6,12,14H,3,5,7-11,13H2,1-2H3,(H,25,26,27)/t14-/m1/s1. The summed E-state index contributed by atoms with van der Waals surface area (Å²) < 4.78 is 10.8. The van der Waals surface area contributed by atoms with E-state index in [0.717, 1.165) is 73.8 Å². The predicted molar refractivity (Wildman–Crippen MR) is 126 cm³/mol. The number of aromatic nitrogens is 2. The second-order valence-electron chi connectivity index (χ2n) is 8.38. The van der Waals surface area contributed by atoms with Crippen molar-refractivity contribution in [3.05, 3.63) is 39.5 Å². The molecule has 31 heavy (non-hydrogen) atoms. The molecule has 2 aromatic heterocycles. The lowest BCUT2D eigenvalue weighted by Crippen LogP contribution is -2.36. The Morgan fingerprint density at radius 1 is 1.29 bits per heavy atom. The number of benzene rings is 1. The van der Waals surface area contributed by atoms with Crippen molar-refractivity contribution in [2.24, 2.45) is 5.92 Å². The number of hydrogen-bond donors (Lipinski definition) is 1. The van der Waals surface area contributed by atoms with E-state index in [1.54, 1.807) is 7.11 Å². The number of thiophene rings is 1. The number of rotatable bonds is 5. The largest absolute Gasteiger partial charge is 0.495 e. The van der Waals surface area contributed by atoms with Crippen LogP contribution >= 0.6 is 22.9 Å². The fraction of sp³-hybridized carbons (Fsp3) is 0.478. The maximum Gasteiger partial charge on any atom is 0.146 e. The van der Waals surface area contributed by atoms with Gasteiger partial charge in [0.25, 0.3) is 0 Å². The number of methoxy groups -OCH3 is 1. The van der Waals surface area contributed by atoms with Crippen LogP contribution < -0.4 is 10.1 Å². The maximum absolute atomic E-state index is 6.37. The second-order valence-corrected chi connectivity index (χ2v) is 9.87. The molecule has 1 aromatic carbocycles. The molecule has 1 N–H and O–H groups in total. The number of ether oxygens (including phenoxy) is 2. The SMILES string of the molecule is COc1ccc(Nc2nc(CN3CCOCC3)nc3sc4c(c23)CC[C@@H](C)C4)cc1Cl. The number of halogens is 1. The molecule has 0 bridgehead atoms. The summed E-state index contributed by atoms with van der Waals surface area (Å²) >= 11 is 8.20. The summed E-state index contributed by atoms with van der Waals surface area (Å²) in [6.45, 7) is 6.43. The lowest BCUT2D eigenvalue weighted by atomic mass is 9.89. The van der Waals surface area contributed by atoms with Crippen molar-refractivity contribution < 1.29 is 9.47 Å². The zero-order valence-corrected chi connectivity index (χ0v) is 19.5. The number of hydrogen-bond acceptors (Lipinski definition) is 7. The second kappa shape index (κ2) is 8.90. The van der Waals surface area contributed by atoms with Crippen molar-refractivity contribution in [1.82, 2.24) is 14.9 Å². The molecule has 5 rings (SSSR count). The highest BCUT2D eigenvalue weighted by atomic mass is 35.5. The van der Waals surface area contributed by atoms with E-state index >= 15 is 0 Å². The molecule has 2 aliphatic rings. The summed E-state index contributed by atoms with van der Waals surface area (Å²) in [5.74, 6) is 3.11. The summed E-state index contributed by atoms with van der Waals surface area (Å²) in [5.41, 5.74) is 2.31.